The molecule has 0 aliphatic rings. The predicted molar refractivity (Wildman–Crippen MR) is 40.4 cm³/mol. The fourth-order valence-electron chi connectivity index (χ4n) is 0.643. The second-order valence-corrected chi connectivity index (χ2v) is 2.63. The molecule has 10 heavy (non-hydrogen) atoms. The van der Waals surface area contributed by atoms with Crippen LogP contribution in [0, 0.1) is 4.64 Å². The summed E-state index contributed by atoms with van der Waals surface area (Å²) in [5.41, 5.74) is 1.49. The molecule has 50 valence electrons. The average Bonchev–Trinajstić information content (AvgIpc) is 2.36. The molecule has 0 atom stereocenters. The zero-order chi connectivity index (χ0) is 6.97. The van der Waals surface area contributed by atoms with Crippen LogP contribution >= 0.6 is 23.9 Å². The number of hydrogen-bond acceptors (Lipinski definition) is 5. The topological polar surface area (TPSA) is 54.5 Å². The highest BCUT2D eigenvalue weighted by molar-refractivity contribution is 7.71. The zero-order valence-corrected chi connectivity index (χ0v) is 6.37. The molecular formula is C4H2N4S2. The van der Waals surface area contributed by atoms with Crippen molar-refractivity contribution in [1.82, 2.24) is 18.9 Å². The van der Waals surface area contributed by atoms with Gasteiger partial charge in [-0.3, -0.25) is 5.10 Å². The molecule has 2 heterocycles. The van der Waals surface area contributed by atoms with E-state index in [-0.39, 0.29) is 0 Å². The van der Waals surface area contributed by atoms with Crippen LogP contribution in [0.1, 0.15) is 0 Å². The van der Waals surface area contributed by atoms with Gasteiger partial charge in [-0.25, -0.2) is 0 Å². The molecule has 0 fully saturated rings. The van der Waals surface area contributed by atoms with Crippen LogP contribution in [0.3, 0.4) is 0 Å². The van der Waals surface area contributed by atoms with Crippen molar-refractivity contribution in [3.05, 3.63) is 10.8 Å². The minimum atomic E-state index is 0.547. The number of rotatable bonds is 0. The highest BCUT2D eigenvalue weighted by atomic mass is 32.1. The van der Waals surface area contributed by atoms with Gasteiger partial charge >= 0.3 is 0 Å². The van der Waals surface area contributed by atoms with Gasteiger partial charge in [-0.2, -0.15) is 13.8 Å². The maximum Gasteiger partial charge on any atom is 0.148 e. The number of aromatic nitrogens is 4. The van der Waals surface area contributed by atoms with E-state index in [4.69, 9.17) is 12.2 Å². The number of H-pyrrole nitrogens is 1. The van der Waals surface area contributed by atoms with E-state index in [1.54, 1.807) is 6.20 Å². The number of nitrogens with zero attached hydrogens (tertiary/aromatic N) is 3. The van der Waals surface area contributed by atoms with Crippen molar-refractivity contribution in [3.63, 3.8) is 0 Å². The summed E-state index contributed by atoms with van der Waals surface area (Å²) in [4.78, 5) is 0. The minimum absolute atomic E-state index is 0.547. The van der Waals surface area contributed by atoms with Crippen LogP contribution in [0.4, 0.5) is 0 Å². The van der Waals surface area contributed by atoms with Crippen LogP contribution in [0.2, 0.25) is 0 Å². The second-order valence-electron chi connectivity index (χ2n) is 1.70. The third-order valence-electron chi connectivity index (χ3n) is 1.08. The third-order valence-corrected chi connectivity index (χ3v) is 1.91. The number of hydrogen-bond donors (Lipinski definition) is 1. The molecule has 2 aromatic rings. The second kappa shape index (κ2) is 2.06. The van der Waals surface area contributed by atoms with E-state index in [0.29, 0.717) is 4.64 Å². The fourth-order valence-corrected chi connectivity index (χ4v) is 1.43. The van der Waals surface area contributed by atoms with E-state index in [2.05, 4.69) is 18.9 Å². The van der Waals surface area contributed by atoms with E-state index in [1.807, 2.05) is 0 Å². The Morgan fingerprint density at radius 2 is 2.40 bits per heavy atom. The highest BCUT2D eigenvalue weighted by Crippen LogP contribution is 2.07. The van der Waals surface area contributed by atoms with Crippen molar-refractivity contribution in [3.8, 4) is 0 Å². The number of aromatic amines is 1. The number of fused-ring (bicyclic) bond motifs is 1. The van der Waals surface area contributed by atoms with E-state index in [9.17, 15) is 0 Å². The van der Waals surface area contributed by atoms with Gasteiger partial charge in [0.2, 0.25) is 0 Å². The molecule has 0 aliphatic heterocycles. The Morgan fingerprint density at radius 3 is 3.20 bits per heavy atom. The lowest BCUT2D eigenvalue weighted by molar-refractivity contribution is 1.03. The summed E-state index contributed by atoms with van der Waals surface area (Å²) in [5, 5.41) is 6.39. The summed E-state index contributed by atoms with van der Waals surface area (Å²) in [6.45, 7) is 0. The van der Waals surface area contributed by atoms with E-state index >= 15 is 0 Å². The van der Waals surface area contributed by atoms with Gasteiger partial charge < -0.3 is 0 Å². The smallest absolute Gasteiger partial charge is 0.148 e. The van der Waals surface area contributed by atoms with Crippen molar-refractivity contribution in [2.45, 2.75) is 0 Å². The van der Waals surface area contributed by atoms with Crippen LogP contribution in [0.25, 0.3) is 11.0 Å². The Morgan fingerprint density at radius 1 is 1.50 bits per heavy atom. The Kier molecular flexibility index (Phi) is 1.21. The molecule has 2 rings (SSSR count). The molecule has 0 bridgehead atoms. The van der Waals surface area contributed by atoms with Gasteiger partial charge in [-0.15, -0.1) is 0 Å². The van der Waals surface area contributed by atoms with Gasteiger partial charge in [0.15, 0.2) is 0 Å². The van der Waals surface area contributed by atoms with Gasteiger partial charge in [0, 0.05) is 0 Å². The fraction of sp³-hybridized carbons (Fsp3) is 0. The summed E-state index contributed by atoms with van der Waals surface area (Å²) in [6, 6.07) is 0. The van der Waals surface area contributed by atoms with Crippen molar-refractivity contribution >= 4 is 35.0 Å². The Bertz CT molecular complexity index is 403. The van der Waals surface area contributed by atoms with Crippen molar-refractivity contribution in [2.24, 2.45) is 0 Å². The van der Waals surface area contributed by atoms with Gasteiger partial charge in [-0.1, -0.05) is 12.2 Å². The summed E-state index contributed by atoms with van der Waals surface area (Å²) in [5.74, 6) is 0. The molecule has 0 radical (unpaired) electrons. The molecule has 1 N–H and O–H groups in total. The molecule has 0 aliphatic carbocycles. The summed E-state index contributed by atoms with van der Waals surface area (Å²) >= 11 is 6.03. The average molecular weight is 170 g/mol. The molecule has 0 spiro atoms. The number of nitrogens with one attached hydrogen (secondary N) is 1. The minimum Gasteiger partial charge on any atom is -0.266 e. The van der Waals surface area contributed by atoms with Crippen molar-refractivity contribution in [1.29, 1.82) is 0 Å². The SMILES string of the molecule is S=c1[nH]ncc2nsnc12. The Labute approximate surface area is 65.2 Å². The standard InChI is InChI=1S/C4H2N4S2/c9-4-3-2(1-5-6-4)7-10-8-3/h1H,(H,6,9). The lowest BCUT2D eigenvalue weighted by Gasteiger charge is -1.81. The first kappa shape index (κ1) is 5.87. The summed E-state index contributed by atoms with van der Waals surface area (Å²) < 4.78 is 8.48. The first-order valence-corrected chi connectivity index (χ1v) is 3.68. The molecule has 0 saturated heterocycles. The van der Waals surface area contributed by atoms with Crippen LogP contribution in [0.15, 0.2) is 6.20 Å². The highest BCUT2D eigenvalue weighted by Gasteiger charge is 1.97. The summed E-state index contributed by atoms with van der Waals surface area (Å²) in [6.07, 6.45) is 1.61. The summed E-state index contributed by atoms with van der Waals surface area (Å²) in [7, 11) is 0. The molecular weight excluding hydrogens is 168 g/mol. The molecule has 2 aromatic heterocycles. The van der Waals surface area contributed by atoms with Crippen LogP contribution in [0.5, 0.6) is 0 Å². The zero-order valence-electron chi connectivity index (χ0n) is 4.74. The molecule has 6 heteroatoms. The lowest BCUT2D eigenvalue weighted by Crippen LogP contribution is -1.80. The van der Waals surface area contributed by atoms with Crippen LogP contribution in [-0.4, -0.2) is 18.9 Å². The predicted octanol–water partition coefficient (Wildman–Crippen LogP) is 1.14. The van der Waals surface area contributed by atoms with Crippen LogP contribution < -0.4 is 0 Å². The van der Waals surface area contributed by atoms with Gasteiger partial charge in [0.05, 0.1) is 17.9 Å². The molecule has 0 unspecified atom stereocenters. The van der Waals surface area contributed by atoms with Gasteiger partial charge in [0.1, 0.15) is 15.7 Å². The Balaban J connectivity index is 3.09. The van der Waals surface area contributed by atoms with Crippen molar-refractivity contribution in [2.75, 3.05) is 0 Å². The van der Waals surface area contributed by atoms with Gasteiger partial charge in [0.25, 0.3) is 0 Å². The van der Waals surface area contributed by atoms with Crippen molar-refractivity contribution < 1.29 is 0 Å². The van der Waals surface area contributed by atoms with E-state index in [0.717, 1.165) is 22.8 Å². The normalized spacial score (nSPS) is 10.4. The van der Waals surface area contributed by atoms with E-state index in [1.165, 1.54) is 0 Å². The maximum absolute atomic E-state index is 4.89. The largest absolute Gasteiger partial charge is 0.266 e. The lowest BCUT2D eigenvalue weighted by atomic mass is 10.5. The molecule has 0 amide bonds. The molecule has 4 nitrogen and oxygen atoms in total. The monoisotopic (exact) mass is 170 g/mol. The van der Waals surface area contributed by atoms with E-state index < -0.39 is 0 Å². The first-order chi connectivity index (χ1) is 4.88. The maximum atomic E-state index is 4.89. The van der Waals surface area contributed by atoms with Gasteiger partial charge in [-0.05, 0) is 0 Å². The first-order valence-electron chi connectivity index (χ1n) is 2.54. The molecule has 0 aromatic carbocycles. The third kappa shape index (κ3) is 0.729. The Hall–Kier alpha value is -0.880. The van der Waals surface area contributed by atoms with Crippen LogP contribution in [-0.2, 0) is 0 Å². The molecule has 0 saturated carbocycles. The quantitative estimate of drug-likeness (QED) is 0.602.